The Morgan fingerprint density at radius 2 is 0.870 bits per heavy atom. The zero-order valence-electron chi connectivity index (χ0n) is 22.8. The number of rotatable bonds is 13. The number of hydrogen-bond donors (Lipinski definition) is 5. The molecule has 2 aromatic rings. The highest BCUT2D eigenvalue weighted by molar-refractivity contribution is 7.93. The number of aryl methyl sites for hydroxylation is 2. The molecule has 0 unspecified atom stereocenters. The van der Waals surface area contributed by atoms with Crippen LogP contribution in [0.3, 0.4) is 0 Å². The van der Waals surface area contributed by atoms with E-state index >= 15 is 0 Å². The van der Waals surface area contributed by atoms with E-state index in [9.17, 15) is 58.9 Å². The summed E-state index contributed by atoms with van der Waals surface area (Å²) in [7, 11) is -32.8. The van der Waals surface area contributed by atoms with Gasteiger partial charge in [-0.15, -0.1) is 0 Å². The Morgan fingerprint density at radius 3 is 1.24 bits per heavy atom. The van der Waals surface area contributed by atoms with Crippen LogP contribution in [0.1, 0.15) is 11.1 Å². The molecule has 264 valence electrons. The molecule has 0 saturated heterocycles. The van der Waals surface area contributed by atoms with Gasteiger partial charge in [0, 0.05) is 0 Å². The molecule has 28 heteroatoms. The van der Waals surface area contributed by atoms with Gasteiger partial charge in [0.25, 0.3) is 30.4 Å². The molecule has 0 saturated carbocycles. The van der Waals surface area contributed by atoms with Crippen LogP contribution in [0, 0.1) is 13.8 Å². The minimum absolute atomic E-state index is 0.00859. The van der Waals surface area contributed by atoms with Gasteiger partial charge in [0.15, 0.2) is 19.7 Å². The van der Waals surface area contributed by atoms with Crippen LogP contribution in [0.2, 0.25) is 0 Å². The maximum Gasteiger partial charge on any atom is 0.397 e. The summed E-state index contributed by atoms with van der Waals surface area (Å²) in [6.45, 7) is 0.465. The molecular formula is C18H24O21S7. The van der Waals surface area contributed by atoms with Crippen molar-refractivity contribution in [2.24, 2.45) is 0 Å². The van der Waals surface area contributed by atoms with E-state index in [4.69, 9.17) is 22.8 Å². The molecule has 0 radical (unpaired) electrons. The highest BCUT2D eigenvalue weighted by Gasteiger charge is 2.30. The van der Waals surface area contributed by atoms with Gasteiger partial charge in [0.1, 0.15) is 4.90 Å². The Labute approximate surface area is 264 Å². The Kier molecular flexibility index (Phi) is 13.2. The van der Waals surface area contributed by atoms with Crippen molar-refractivity contribution in [2.75, 3.05) is 24.7 Å². The van der Waals surface area contributed by atoms with Crippen molar-refractivity contribution >= 4 is 70.8 Å². The summed E-state index contributed by atoms with van der Waals surface area (Å²) < 4.78 is 208. The predicted molar refractivity (Wildman–Crippen MR) is 151 cm³/mol. The van der Waals surface area contributed by atoms with Gasteiger partial charge in [-0.1, -0.05) is 0 Å². The second-order valence-electron chi connectivity index (χ2n) is 8.55. The Balaban J connectivity index is 0.000000467. The van der Waals surface area contributed by atoms with Gasteiger partial charge in [-0.3, -0.25) is 22.8 Å². The van der Waals surface area contributed by atoms with Crippen molar-refractivity contribution in [1.29, 1.82) is 0 Å². The smallest absolute Gasteiger partial charge is 0.282 e. The molecular weight excluding hydrogens is 777 g/mol. The molecule has 0 atom stereocenters. The minimum Gasteiger partial charge on any atom is -0.282 e. The zero-order chi connectivity index (χ0) is 36.3. The lowest BCUT2D eigenvalue weighted by Crippen LogP contribution is -2.19. The first-order valence-electron chi connectivity index (χ1n) is 11.1. The summed E-state index contributed by atoms with van der Waals surface area (Å²) in [5.41, 5.74) is -0.349. The van der Waals surface area contributed by atoms with Crippen LogP contribution in [0.25, 0.3) is 0 Å². The fourth-order valence-corrected chi connectivity index (χ4v) is 9.20. The van der Waals surface area contributed by atoms with Crippen molar-refractivity contribution in [1.82, 2.24) is 0 Å². The van der Waals surface area contributed by atoms with Crippen molar-refractivity contribution < 1.29 is 90.1 Å². The molecule has 2 aromatic carbocycles. The standard InChI is InChI=1S/C9H12O12S4.C9H12O9S3/c1-6-4-8(22(10,11)3-2-21-25(18,19)20)9(24(15,16)17)5-7(6)23(12,13)14;1-7-6-8(2-3-9(7)20(12,13)14)19(10,11)5-4-18-21(15,16)17/h4-5H,2-3H2,1H3,(H,12,13,14)(H,15,16,17)(H,18,19,20);2-3,6H,4-5H2,1H3,(H,12,13,14)(H,15,16,17). The van der Waals surface area contributed by atoms with Crippen molar-refractivity contribution in [2.45, 2.75) is 38.3 Å². The van der Waals surface area contributed by atoms with E-state index in [0.717, 1.165) is 25.1 Å². The van der Waals surface area contributed by atoms with E-state index in [0.29, 0.717) is 6.07 Å². The SMILES string of the molecule is Cc1cc(S(=O)(=O)CCOS(=O)(=O)O)c(S(=O)(=O)O)cc1S(=O)(=O)O.Cc1cc(S(=O)(=O)CCOS(=O)(=O)O)ccc1S(=O)(=O)O. The number of hydrogen-bond acceptors (Lipinski definition) is 16. The average molecular weight is 801 g/mol. The maximum atomic E-state index is 12.2. The fourth-order valence-electron chi connectivity index (χ4n) is 3.20. The topological polar surface area (TPSA) is 359 Å². The van der Waals surface area contributed by atoms with Crippen LogP contribution >= 0.6 is 0 Å². The molecule has 21 nitrogen and oxygen atoms in total. The third-order valence-electron chi connectivity index (χ3n) is 5.08. The summed E-state index contributed by atoms with van der Waals surface area (Å²) in [4.78, 5) is -4.04. The van der Waals surface area contributed by atoms with Gasteiger partial charge in [-0.05, 0) is 55.3 Å². The van der Waals surface area contributed by atoms with E-state index in [-0.39, 0.29) is 22.1 Å². The van der Waals surface area contributed by atoms with Crippen LogP contribution in [-0.4, -0.2) is 106 Å². The zero-order valence-corrected chi connectivity index (χ0v) is 28.6. The summed E-state index contributed by atoms with van der Waals surface area (Å²) in [6.07, 6.45) is 0. The molecule has 0 aliphatic heterocycles. The first kappa shape index (κ1) is 41.8. The molecule has 2 rings (SSSR count). The maximum absolute atomic E-state index is 12.2. The van der Waals surface area contributed by atoms with E-state index in [1.807, 2.05) is 0 Å². The molecule has 0 amide bonds. The number of benzene rings is 2. The fraction of sp³-hybridized carbons (Fsp3) is 0.333. The highest BCUT2D eigenvalue weighted by Crippen LogP contribution is 2.28. The van der Waals surface area contributed by atoms with E-state index in [1.54, 1.807) is 0 Å². The molecule has 5 N–H and O–H groups in total. The van der Waals surface area contributed by atoms with Gasteiger partial charge in [0.2, 0.25) is 0 Å². The third kappa shape index (κ3) is 13.1. The van der Waals surface area contributed by atoms with Crippen LogP contribution in [0.5, 0.6) is 0 Å². The molecule has 0 spiro atoms. The quantitative estimate of drug-likeness (QED) is 0.150. The Morgan fingerprint density at radius 1 is 0.478 bits per heavy atom. The van der Waals surface area contributed by atoms with Gasteiger partial charge in [0.05, 0.1) is 44.3 Å². The molecule has 0 fully saturated rings. The predicted octanol–water partition coefficient (Wildman–Crippen LogP) is -1.08. The molecule has 46 heavy (non-hydrogen) atoms. The summed E-state index contributed by atoms with van der Waals surface area (Å²) >= 11 is 0. The molecule has 0 aliphatic rings. The second kappa shape index (κ2) is 14.5. The van der Waals surface area contributed by atoms with Crippen LogP contribution in [0.4, 0.5) is 0 Å². The summed E-state index contributed by atoms with van der Waals surface area (Å²) in [6, 6.07) is 3.71. The second-order valence-corrected chi connectivity index (χ2v) is 19.1. The van der Waals surface area contributed by atoms with Gasteiger partial charge >= 0.3 is 20.8 Å². The average Bonchev–Trinajstić information content (AvgIpc) is 2.80. The summed E-state index contributed by atoms with van der Waals surface area (Å²) in [5, 5.41) is 0. The summed E-state index contributed by atoms with van der Waals surface area (Å²) in [5.74, 6) is -1.86. The molecule has 0 bridgehead atoms. The van der Waals surface area contributed by atoms with E-state index < -0.39 is 115 Å². The lowest BCUT2D eigenvalue weighted by Gasteiger charge is -2.12. The van der Waals surface area contributed by atoms with Gasteiger partial charge < -0.3 is 0 Å². The first-order valence-corrected chi connectivity index (χ1v) is 21.5. The normalized spacial score (nSPS) is 13.5. The van der Waals surface area contributed by atoms with Crippen LogP contribution < -0.4 is 0 Å². The van der Waals surface area contributed by atoms with Gasteiger partial charge in [-0.25, -0.2) is 25.2 Å². The van der Waals surface area contributed by atoms with Gasteiger partial charge in [-0.2, -0.15) is 42.1 Å². The highest BCUT2D eigenvalue weighted by atomic mass is 32.3. The van der Waals surface area contributed by atoms with E-state index in [2.05, 4.69) is 8.37 Å². The number of sulfone groups is 2. The third-order valence-corrected chi connectivity index (χ3v) is 12.4. The molecule has 0 aliphatic carbocycles. The molecule has 0 heterocycles. The van der Waals surface area contributed by atoms with Crippen molar-refractivity contribution in [3.63, 3.8) is 0 Å². The minimum atomic E-state index is -5.23. The monoisotopic (exact) mass is 800 g/mol. The Bertz CT molecular complexity index is 2250. The largest absolute Gasteiger partial charge is 0.397 e. The van der Waals surface area contributed by atoms with Crippen LogP contribution in [-0.2, 0) is 79.2 Å². The lowest BCUT2D eigenvalue weighted by molar-refractivity contribution is 0.282. The molecule has 0 aromatic heterocycles. The first-order chi connectivity index (χ1) is 20.3. The lowest BCUT2D eigenvalue weighted by atomic mass is 10.2. The Hall–Kier alpha value is -2.19. The van der Waals surface area contributed by atoms with Crippen molar-refractivity contribution in [3.8, 4) is 0 Å². The van der Waals surface area contributed by atoms with E-state index in [1.165, 1.54) is 6.92 Å². The van der Waals surface area contributed by atoms with Crippen molar-refractivity contribution in [3.05, 3.63) is 41.5 Å². The van der Waals surface area contributed by atoms with Crippen LogP contribution in [0.15, 0.2) is 54.8 Å².